The van der Waals surface area contributed by atoms with Crippen LogP contribution in [0.5, 0.6) is 0 Å². The highest BCUT2D eigenvalue weighted by molar-refractivity contribution is 4.89. The smallest absolute Gasteiger partial charge is 0.0839 e. The normalized spacial score (nSPS) is 41.0. The van der Waals surface area contributed by atoms with Crippen molar-refractivity contribution in [1.82, 2.24) is 0 Å². The van der Waals surface area contributed by atoms with E-state index in [1.165, 1.54) is 19.3 Å². The Balaban J connectivity index is 1.51. The minimum Gasteiger partial charge on any atom is -0.373 e. The second-order valence-corrected chi connectivity index (χ2v) is 5.10. The first kappa shape index (κ1) is 10.1. The van der Waals surface area contributed by atoms with Gasteiger partial charge in [0.05, 0.1) is 38.1 Å². The summed E-state index contributed by atoms with van der Waals surface area (Å²) in [7, 11) is 0. The van der Waals surface area contributed by atoms with Gasteiger partial charge in [0.25, 0.3) is 0 Å². The summed E-state index contributed by atoms with van der Waals surface area (Å²) >= 11 is 0. The minimum atomic E-state index is 0.530. The standard InChI is InChI=1S/C12H20O3/c1-2-8(11-6-14-11)3-9(12-7-15-12)4-10-5-13-10/h8-12H,2-7H2,1H3. The summed E-state index contributed by atoms with van der Waals surface area (Å²) in [5.41, 5.74) is 0. The Morgan fingerprint density at radius 3 is 2.07 bits per heavy atom. The van der Waals surface area contributed by atoms with E-state index in [4.69, 9.17) is 14.2 Å². The Kier molecular flexibility index (Phi) is 2.71. The van der Waals surface area contributed by atoms with E-state index >= 15 is 0 Å². The van der Waals surface area contributed by atoms with Gasteiger partial charge in [0.1, 0.15) is 0 Å². The largest absolute Gasteiger partial charge is 0.373 e. The first-order chi connectivity index (χ1) is 7.36. The highest BCUT2D eigenvalue weighted by Gasteiger charge is 2.41. The van der Waals surface area contributed by atoms with Crippen LogP contribution in [0.15, 0.2) is 0 Å². The molecule has 15 heavy (non-hydrogen) atoms. The van der Waals surface area contributed by atoms with Crippen LogP contribution in [0.25, 0.3) is 0 Å². The molecule has 3 heteroatoms. The van der Waals surface area contributed by atoms with Gasteiger partial charge in [-0.3, -0.25) is 0 Å². The van der Waals surface area contributed by atoms with Crippen LogP contribution < -0.4 is 0 Å². The molecule has 3 fully saturated rings. The zero-order valence-electron chi connectivity index (χ0n) is 9.35. The third-order valence-corrected chi connectivity index (χ3v) is 3.87. The summed E-state index contributed by atoms with van der Waals surface area (Å²) in [6.07, 6.45) is 5.33. The Morgan fingerprint density at radius 1 is 1.00 bits per heavy atom. The zero-order valence-corrected chi connectivity index (χ0v) is 9.35. The first-order valence-corrected chi connectivity index (χ1v) is 6.21. The van der Waals surface area contributed by atoms with E-state index in [9.17, 15) is 0 Å². The van der Waals surface area contributed by atoms with E-state index in [-0.39, 0.29) is 0 Å². The van der Waals surface area contributed by atoms with Gasteiger partial charge in [-0.1, -0.05) is 13.3 Å². The van der Waals surface area contributed by atoms with Gasteiger partial charge >= 0.3 is 0 Å². The maximum absolute atomic E-state index is 5.45. The van der Waals surface area contributed by atoms with E-state index in [0.29, 0.717) is 24.2 Å². The van der Waals surface area contributed by atoms with Gasteiger partial charge in [0, 0.05) is 0 Å². The van der Waals surface area contributed by atoms with Gasteiger partial charge in [-0.05, 0) is 24.7 Å². The number of ether oxygens (including phenoxy) is 3. The molecule has 3 nitrogen and oxygen atoms in total. The van der Waals surface area contributed by atoms with E-state index in [0.717, 1.165) is 25.7 Å². The highest BCUT2D eigenvalue weighted by Crippen LogP contribution is 2.37. The summed E-state index contributed by atoms with van der Waals surface area (Å²) in [4.78, 5) is 0. The van der Waals surface area contributed by atoms with Crippen LogP contribution in [0.1, 0.15) is 26.2 Å². The van der Waals surface area contributed by atoms with Gasteiger partial charge in [-0.25, -0.2) is 0 Å². The quantitative estimate of drug-likeness (QED) is 0.602. The molecule has 0 N–H and O–H groups in total. The van der Waals surface area contributed by atoms with Crippen molar-refractivity contribution in [3.8, 4) is 0 Å². The Hall–Kier alpha value is -0.120. The monoisotopic (exact) mass is 212 g/mol. The predicted molar refractivity (Wildman–Crippen MR) is 55.7 cm³/mol. The molecule has 3 aliphatic heterocycles. The average molecular weight is 212 g/mol. The molecule has 0 aromatic heterocycles. The number of hydrogen-bond acceptors (Lipinski definition) is 3. The molecule has 3 heterocycles. The Labute approximate surface area is 91.1 Å². The summed E-state index contributed by atoms with van der Waals surface area (Å²) < 4.78 is 16.2. The molecule has 0 spiro atoms. The van der Waals surface area contributed by atoms with Gasteiger partial charge in [0.15, 0.2) is 0 Å². The predicted octanol–water partition coefficient (Wildman–Crippen LogP) is 1.61. The van der Waals surface area contributed by atoms with Crippen LogP contribution in [0.3, 0.4) is 0 Å². The fourth-order valence-corrected chi connectivity index (χ4v) is 2.57. The molecule has 0 aromatic rings. The van der Waals surface area contributed by atoms with Crippen molar-refractivity contribution in [3.63, 3.8) is 0 Å². The molecule has 0 radical (unpaired) electrons. The van der Waals surface area contributed by atoms with Gasteiger partial charge in [-0.15, -0.1) is 0 Å². The van der Waals surface area contributed by atoms with E-state index < -0.39 is 0 Å². The topological polar surface area (TPSA) is 37.6 Å². The molecule has 3 rings (SSSR count). The first-order valence-electron chi connectivity index (χ1n) is 6.21. The van der Waals surface area contributed by atoms with Crippen molar-refractivity contribution in [2.24, 2.45) is 11.8 Å². The van der Waals surface area contributed by atoms with E-state index in [1.807, 2.05) is 0 Å². The van der Waals surface area contributed by atoms with Crippen LogP contribution in [-0.2, 0) is 14.2 Å². The summed E-state index contributed by atoms with van der Waals surface area (Å²) in [5, 5.41) is 0. The summed E-state index contributed by atoms with van der Waals surface area (Å²) in [6.45, 7) is 5.20. The molecule has 5 atom stereocenters. The van der Waals surface area contributed by atoms with E-state index in [1.54, 1.807) is 0 Å². The lowest BCUT2D eigenvalue weighted by molar-refractivity contribution is 0.218. The Morgan fingerprint density at radius 2 is 1.60 bits per heavy atom. The molecule has 0 aliphatic carbocycles. The molecule has 0 aromatic carbocycles. The lowest BCUT2D eigenvalue weighted by Gasteiger charge is -2.19. The zero-order chi connectivity index (χ0) is 10.3. The van der Waals surface area contributed by atoms with Gasteiger partial charge in [0.2, 0.25) is 0 Å². The van der Waals surface area contributed by atoms with E-state index in [2.05, 4.69) is 6.92 Å². The van der Waals surface area contributed by atoms with Crippen LogP contribution >= 0.6 is 0 Å². The van der Waals surface area contributed by atoms with Crippen LogP contribution in [-0.4, -0.2) is 38.1 Å². The van der Waals surface area contributed by atoms with Gasteiger partial charge in [-0.2, -0.15) is 0 Å². The summed E-state index contributed by atoms with van der Waals surface area (Å²) in [6, 6.07) is 0. The minimum absolute atomic E-state index is 0.530. The van der Waals surface area contributed by atoms with Crippen LogP contribution in [0, 0.1) is 11.8 Å². The molecule has 0 saturated carbocycles. The molecule has 3 aliphatic rings. The molecular formula is C12H20O3. The average Bonchev–Trinajstić information content (AvgIpc) is 3.11. The molecule has 0 amide bonds. The summed E-state index contributed by atoms with van der Waals surface area (Å²) in [5.74, 6) is 1.46. The van der Waals surface area contributed by atoms with Crippen molar-refractivity contribution in [2.45, 2.75) is 44.5 Å². The number of rotatable bonds is 7. The number of epoxide rings is 3. The van der Waals surface area contributed by atoms with Crippen LogP contribution in [0.4, 0.5) is 0 Å². The van der Waals surface area contributed by atoms with Gasteiger partial charge < -0.3 is 14.2 Å². The van der Waals surface area contributed by atoms with Crippen LogP contribution in [0.2, 0.25) is 0 Å². The fourth-order valence-electron chi connectivity index (χ4n) is 2.57. The lowest BCUT2D eigenvalue weighted by atomic mass is 9.86. The lowest BCUT2D eigenvalue weighted by Crippen LogP contribution is -2.19. The number of hydrogen-bond donors (Lipinski definition) is 0. The molecule has 5 unspecified atom stereocenters. The molecular weight excluding hydrogens is 192 g/mol. The van der Waals surface area contributed by atoms with Crippen molar-refractivity contribution < 1.29 is 14.2 Å². The molecule has 0 bridgehead atoms. The third kappa shape index (κ3) is 2.71. The highest BCUT2D eigenvalue weighted by atomic mass is 16.6. The maximum atomic E-state index is 5.45. The second kappa shape index (κ2) is 4.04. The fraction of sp³-hybridized carbons (Fsp3) is 1.00. The van der Waals surface area contributed by atoms with Crippen molar-refractivity contribution >= 4 is 0 Å². The third-order valence-electron chi connectivity index (χ3n) is 3.87. The second-order valence-electron chi connectivity index (χ2n) is 5.10. The molecule has 86 valence electrons. The maximum Gasteiger partial charge on any atom is 0.0839 e. The Bertz CT molecular complexity index is 219. The van der Waals surface area contributed by atoms with Crippen molar-refractivity contribution in [2.75, 3.05) is 19.8 Å². The van der Waals surface area contributed by atoms with Crippen molar-refractivity contribution in [3.05, 3.63) is 0 Å². The molecule has 3 saturated heterocycles. The van der Waals surface area contributed by atoms with Crippen molar-refractivity contribution in [1.29, 1.82) is 0 Å². The SMILES string of the molecule is CCC(CC(CC1CO1)C1CO1)C1CO1.